The third-order valence-corrected chi connectivity index (χ3v) is 5.35. The van der Waals surface area contributed by atoms with Gasteiger partial charge in [0.15, 0.2) is 5.60 Å². The average Bonchev–Trinajstić information content (AvgIpc) is 2.80. The smallest absolute Gasteiger partial charge is 0.255 e. The molecule has 6 nitrogen and oxygen atoms in total. The normalized spacial score (nSPS) is 18.7. The Bertz CT molecular complexity index is 1040. The van der Waals surface area contributed by atoms with E-state index < -0.39 is 11.5 Å². The highest BCUT2D eigenvalue weighted by Crippen LogP contribution is 2.27. The highest BCUT2D eigenvalue weighted by Gasteiger charge is 2.44. The molecule has 1 fully saturated rings. The van der Waals surface area contributed by atoms with Crippen molar-refractivity contribution in [2.75, 3.05) is 19.7 Å². The number of carbonyl (C=O) groups excluding carboxylic acids is 2. The zero-order valence-corrected chi connectivity index (χ0v) is 16.5. The number of aromatic nitrogens is 1. The minimum Gasteiger partial charge on any atom is -0.367 e. The topological polar surface area (TPSA) is 85.5 Å². The predicted octanol–water partition coefficient (Wildman–Crippen LogP) is 2.69. The lowest BCUT2D eigenvalue weighted by Gasteiger charge is -2.40. The molecule has 0 saturated carbocycles. The zero-order valence-electron chi connectivity index (χ0n) is 16.5. The summed E-state index contributed by atoms with van der Waals surface area (Å²) in [5.41, 5.74) is 8.05. The molecule has 3 aromatic rings. The van der Waals surface area contributed by atoms with Gasteiger partial charge in [0, 0.05) is 25.4 Å². The molecule has 0 spiro atoms. The van der Waals surface area contributed by atoms with Crippen LogP contribution in [0.5, 0.6) is 0 Å². The van der Waals surface area contributed by atoms with E-state index in [1.165, 1.54) is 6.20 Å². The second-order valence-corrected chi connectivity index (χ2v) is 7.42. The number of carbonyl (C=O) groups is 2. The maximum Gasteiger partial charge on any atom is 0.255 e. The summed E-state index contributed by atoms with van der Waals surface area (Å²) in [4.78, 5) is 31.0. The quantitative estimate of drug-likeness (QED) is 0.712. The fourth-order valence-electron chi connectivity index (χ4n) is 3.79. The number of hydrogen-bond donors (Lipinski definition) is 1. The third-order valence-electron chi connectivity index (χ3n) is 5.35. The molecule has 2 aromatic carbocycles. The van der Waals surface area contributed by atoms with E-state index in [1.807, 2.05) is 54.6 Å². The van der Waals surface area contributed by atoms with Gasteiger partial charge in [0.1, 0.15) is 0 Å². The molecule has 30 heavy (non-hydrogen) atoms. The van der Waals surface area contributed by atoms with E-state index >= 15 is 0 Å². The van der Waals surface area contributed by atoms with Crippen molar-refractivity contribution in [3.05, 3.63) is 90.3 Å². The van der Waals surface area contributed by atoms with Crippen molar-refractivity contribution in [2.45, 2.75) is 12.0 Å². The van der Waals surface area contributed by atoms with Crippen molar-refractivity contribution in [3.63, 3.8) is 0 Å². The number of primary amides is 1. The fourth-order valence-corrected chi connectivity index (χ4v) is 3.79. The minimum atomic E-state index is -1.27. The number of amides is 2. The first kappa shape index (κ1) is 19.8. The number of benzene rings is 2. The van der Waals surface area contributed by atoms with Crippen LogP contribution in [0.3, 0.4) is 0 Å². The van der Waals surface area contributed by atoms with Gasteiger partial charge in [0.05, 0.1) is 18.7 Å². The van der Waals surface area contributed by atoms with Crippen molar-refractivity contribution in [3.8, 4) is 11.1 Å². The Morgan fingerprint density at radius 3 is 2.57 bits per heavy atom. The summed E-state index contributed by atoms with van der Waals surface area (Å²) < 4.78 is 5.91. The van der Waals surface area contributed by atoms with Gasteiger partial charge in [-0.3, -0.25) is 14.6 Å². The molecule has 1 saturated heterocycles. The lowest BCUT2D eigenvalue weighted by atomic mass is 9.90. The molecule has 1 atom stereocenters. The monoisotopic (exact) mass is 401 g/mol. The summed E-state index contributed by atoms with van der Waals surface area (Å²) in [7, 11) is 0. The van der Waals surface area contributed by atoms with Gasteiger partial charge in [-0.15, -0.1) is 0 Å². The van der Waals surface area contributed by atoms with Crippen molar-refractivity contribution in [2.24, 2.45) is 5.73 Å². The van der Waals surface area contributed by atoms with Gasteiger partial charge in [-0.05, 0) is 28.8 Å². The fraction of sp³-hybridized carbons (Fsp3) is 0.208. The summed E-state index contributed by atoms with van der Waals surface area (Å²) in [6.07, 6.45) is 3.43. The largest absolute Gasteiger partial charge is 0.367 e. The molecular formula is C24H23N3O3. The summed E-state index contributed by atoms with van der Waals surface area (Å²) in [6.45, 7) is 0.742. The number of hydrogen-bond acceptors (Lipinski definition) is 4. The molecule has 0 bridgehead atoms. The number of nitrogens with two attached hydrogens (primary N) is 1. The van der Waals surface area contributed by atoms with Gasteiger partial charge in [-0.25, -0.2) is 0 Å². The maximum absolute atomic E-state index is 12.9. The summed E-state index contributed by atoms with van der Waals surface area (Å²) in [6, 6.07) is 21.4. The molecule has 2 amide bonds. The molecule has 152 valence electrons. The zero-order chi connectivity index (χ0) is 21.0. The Balaban J connectivity index is 1.59. The Kier molecular flexibility index (Phi) is 5.59. The van der Waals surface area contributed by atoms with E-state index in [9.17, 15) is 9.59 Å². The van der Waals surface area contributed by atoms with Crippen molar-refractivity contribution in [1.29, 1.82) is 0 Å². The second-order valence-electron chi connectivity index (χ2n) is 7.42. The summed E-state index contributed by atoms with van der Waals surface area (Å²) in [5.74, 6) is -0.758. The van der Waals surface area contributed by atoms with Gasteiger partial charge in [0.25, 0.3) is 11.8 Å². The molecule has 1 aliphatic heterocycles. The first-order valence-electron chi connectivity index (χ1n) is 9.85. The van der Waals surface area contributed by atoms with Gasteiger partial charge in [-0.1, -0.05) is 54.6 Å². The number of ether oxygens (including phenoxy) is 1. The van der Waals surface area contributed by atoms with Crippen molar-refractivity contribution >= 4 is 11.8 Å². The van der Waals surface area contributed by atoms with Crippen molar-refractivity contribution < 1.29 is 14.3 Å². The van der Waals surface area contributed by atoms with Crippen LogP contribution >= 0.6 is 0 Å². The van der Waals surface area contributed by atoms with Crippen molar-refractivity contribution in [1.82, 2.24) is 9.88 Å². The average molecular weight is 401 g/mol. The number of nitrogens with zero attached hydrogens (tertiary/aromatic N) is 2. The molecular weight excluding hydrogens is 378 g/mol. The molecule has 1 aliphatic rings. The van der Waals surface area contributed by atoms with Crippen LogP contribution in [0, 0.1) is 0 Å². The van der Waals surface area contributed by atoms with Crippen LogP contribution in [0.25, 0.3) is 11.1 Å². The first-order valence-corrected chi connectivity index (χ1v) is 9.85. The van der Waals surface area contributed by atoms with Gasteiger partial charge in [-0.2, -0.15) is 0 Å². The van der Waals surface area contributed by atoms with E-state index in [4.69, 9.17) is 10.5 Å². The van der Waals surface area contributed by atoms with E-state index in [0.29, 0.717) is 18.5 Å². The molecule has 0 radical (unpaired) electrons. The van der Waals surface area contributed by atoms with Gasteiger partial charge < -0.3 is 15.4 Å². The van der Waals surface area contributed by atoms with Gasteiger partial charge in [0.2, 0.25) is 0 Å². The SMILES string of the molecule is NC(=O)[C@@]1(Cc2cccc(-c3ccccc3)c2)CN(C(=O)c2cccnc2)CCO1. The van der Waals surface area contributed by atoms with Crippen LogP contribution in [0.1, 0.15) is 15.9 Å². The first-order chi connectivity index (χ1) is 14.6. The van der Waals surface area contributed by atoms with E-state index in [1.54, 1.807) is 23.2 Å². The molecule has 2 N–H and O–H groups in total. The van der Waals surface area contributed by atoms with Crippen LogP contribution in [0.2, 0.25) is 0 Å². The molecule has 0 aliphatic carbocycles. The lowest BCUT2D eigenvalue weighted by molar-refractivity contribution is -0.153. The predicted molar refractivity (Wildman–Crippen MR) is 114 cm³/mol. The lowest BCUT2D eigenvalue weighted by Crippen LogP contribution is -2.61. The van der Waals surface area contributed by atoms with Crippen LogP contribution in [0.15, 0.2) is 79.1 Å². The van der Waals surface area contributed by atoms with Crippen LogP contribution < -0.4 is 5.73 Å². The Morgan fingerprint density at radius 1 is 1.03 bits per heavy atom. The third kappa shape index (κ3) is 4.09. The summed E-state index contributed by atoms with van der Waals surface area (Å²) >= 11 is 0. The number of rotatable bonds is 5. The highest BCUT2D eigenvalue weighted by molar-refractivity contribution is 5.95. The maximum atomic E-state index is 12.9. The molecule has 6 heteroatoms. The standard InChI is InChI=1S/C24H23N3O3/c25-23(29)24(15-18-6-4-9-20(14-18)19-7-2-1-3-8-19)17-27(12-13-30-24)22(28)21-10-5-11-26-16-21/h1-11,14,16H,12-13,15,17H2,(H2,25,29)/t24-/m1/s1. The highest BCUT2D eigenvalue weighted by atomic mass is 16.5. The molecule has 4 rings (SSSR count). The van der Waals surface area contributed by atoms with Gasteiger partial charge >= 0.3 is 0 Å². The van der Waals surface area contributed by atoms with E-state index in [-0.39, 0.29) is 19.1 Å². The molecule has 0 unspecified atom stereocenters. The molecule has 2 heterocycles. The Hall–Kier alpha value is -3.51. The van der Waals surface area contributed by atoms with E-state index in [2.05, 4.69) is 4.98 Å². The number of pyridine rings is 1. The van der Waals surface area contributed by atoms with Crippen LogP contribution in [-0.4, -0.2) is 47.0 Å². The molecule has 1 aromatic heterocycles. The second kappa shape index (κ2) is 8.47. The number of morpholine rings is 1. The Labute approximate surface area is 175 Å². The summed E-state index contributed by atoms with van der Waals surface area (Å²) in [5, 5.41) is 0. The Morgan fingerprint density at radius 2 is 1.83 bits per heavy atom. The van der Waals surface area contributed by atoms with E-state index in [0.717, 1.165) is 16.7 Å². The van der Waals surface area contributed by atoms with Crippen LogP contribution in [0.4, 0.5) is 0 Å². The minimum absolute atomic E-state index is 0.103. The van der Waals surface area contributed by atoms with Crippen LogP contribution in [-0.2, 0) is 16.0 Å².